The summed E-state index contributed by atoms with van der Waals surface area (Å²) in [7, 11) is 0. The van der Waals surface area contributed by atoms with Gasteiger partial charge in [0.05, 0.1) is 5.69 Å². The Bertz CT molecular complexity index is 385. The summed E-state index contributed by atoms with van der Waals surface area (Å²) in [5.41, 5.74) is 1.82. The molecule has 1 N–H and O–H groups in total. The largest absolute Gasteiger partial charge is 0.366 e. The van der Waals surface area contributed by atoms with E-state index in [1.54, 1.807) is 12.1 Å². The molecule has 18 heavy (non-hydrogen) atoms. The van der Waals surface area contributed by atoms with E-state index in [1.807, 2.05) is 13.0 Å². The lowest BCUT2D eigenvalue weighted by molar-refractivity contribution is 0.371. The molecule has 2 atom stereocenters. The molecule has 0 spiro atoms. The second kappa shape index (κ2) is 5.70. The van der Waals surface area contributed by atoms with Gasteiger partial charge < -0.3 is 10.2 Å². The Morgan fingerprint density at radius 1 is 1.44 bits per heavy atom. The first-order valence-electron chi connectivity index (χ1n) is 6.88. The molecule has 1 aromatic carbocycles. The van der Waals surface area contributed by atoms with Crippen molar-refractivity contribution in [3.05, 3.63) is 29.6 Å². The molecule has 1 heterocycles. The number of hydrogen-bond acceptors (Lipinski definition) is 2. The van der Waals surface area contributed by atoms with E-state index in [2.05, 4.69) is 24.1 Å². The van der Waals surface area contributed by atoms with Crippen molar-refractivity contribution in [1.29, 1.82) is 0 Å². The van der Waals surface area contributed by atoms with Crippen LogP contribution in [0.4, 0.5) is 10.1 Å². The highest BCUT2D eigenvalue weighted by Crippen LogP contribution is 2.30. The average molecular weight is 250 g/mol. The molecular formula is C15H23FN2. The molecule has 0 radical (unpaired) electrons. The Morgan fingerprint density at radius 3 is 2.83 bits per heavy atom. The predicted octanol–water partition coefficient (Wildman–Crippen LogP) is 3.10. The lowest BCUT2D eigenvalue weighted by Gasteiger charge is -2.40. The molecular weight excluding hydrogens is 227 g/mol. The fraction of sp³-hybridized carbons (Fsp3) is 0.600. The van der Waals surface area contributed by atoms with Gasteiger partial charge in [0, 0.05) is 18.6 Å². The smallest absolute Gasteiger partial charge is 0.146 e. The van der Waals surface area contributed by atoms with Crippen LogP contribution in [0.25, 0.3) is 0 Å². The summed E-state index contributed by atoms with van der Waals surface area (Å²) in [5, 5.41) is 3.50. The van der Waals surface area contributed by atoms with Crippen LogP contribution in [0, 0.1) is 12.7 Å². The van der Waals surface area contributed by atoms with Gasteiger partial charge in [-0.2, -0.15) is 0 Å². The van der Waals surface area contributed by atoms with Crippen molar-refractivity contribution in [3.8, 4) is 0 Å². The third kappa shape index (κ3) is 2.66. The van der Waals surface area contributed by atoms with Crippen LogP contribution in [0.1, 0.15) is 32.3 Å². The number of nitrogens with one attached hydrogen (secondary N) is 1. The van der Waals surface area contributed by atoms with E-state index >= 15 is 0 Å². The first-order valence-corrected chi connectivity index (χ1v) is 6.88. The van der Waals surface area contributed by atoms with Gasteiger partial charge in [0.15, 0.2) is 0 Å². The van der Waals surface area contributed by atoms with Gasteiger partial charge in [-0.05, 0) is 44.9 Å². The molecule has 3 heteroatoms. The zero-order chi connectivity index (χ0) is 13.1. The standard InChI is InChI=1S/C15H23FN2/c1-4-17-13-8-9-18(12(3)10-13)15-11(2)6-5-7-14(15)16/h5-7,12-13,17H,4,8-10H2,1-3H3. The number of nitrogens with zero attached hydrogens (tertiary/aromatic N) is 1. The van der Waals surface area contributed by atoms with Crippen LogP contribution in [-0.2, 0) is 0 Å². The lowest BCUT2D eigenvalue weighted by Crippen LogP contribution is -2.48. The molecule has 2 nitrogen and oxygen atoms in total. The third-order valence-electron chi connectivity index (χ3n) is 3.84. The fourth-order valence-corrected chi connectivity index (χ4v) is 2.97. The van der Waals surface area contributed by atoms with E-state index in [0.29, 0.717) is 12.1 Å². The Labute approximate surface area is 109 Å². The maximum absolute atomic E-state index is 14.0. The van der Waals surface area contributed by atoms with Crippen LogP contribution in [0.15, 0.2) is 18.2 Å². The van der Waals surface area contributed by atoms with E-state index in [-0.39, 0.29) is 5.82 Å². The minimum absolute atomic E-state index is 0.0937. The zero-order valence-corrected chi connectivity index (χ0v) is 11.5. The first-order chi connectivity index (χ1) is 8.63. The average Bonchev–Trinajstić information content (AvgIpc) is 2.32. The number of anilines is 1. The van der Waals surface area contributed by atoms with Crippen molar-refractivity contribution in [2.45, 2.75) is 45.7 Å². The number of aryl methyl sites for hydroxylation is 1. The van der Waals surface area contributed by atoms with Crippen molar-refractivity contribution >= 4 is 5.69 Å². The Hall–Kier alpha value is -1.09. The van der Waals surface area contributed by atoms with Crippen LogP contribution in [0.3, 0.4) is 0 Å². The molecule has 2 rings (SSSR count). The Morgan fingerprint density at radius 2 is 2.22 bits per heavy atom. The first kappa shape index (κ1) is 13.3. The number of piperidine rings is 1. The normalized spacial score (nSPS) is 24.3. The summed E-state index contributed by atoms with van der Waals surface area (Å²) in [5.74, 6) is -0.0937. The minimum atomic E-state index is -0.0937. The third-order valence-corrected chi connectivity index (χ3v) is 3.84. The van der Waals surface area contributed by atoms with Crippen molar-refractivity contribution < 1.29 is 4.39 Å². The van der Waals surface area contributed by atoms with Gasteiger partial charge in [0.25, 0.3) is 0 Å². The molecule has 1 aliphatic heterocycles. The van der Waals surface area contributed by atoms with E-state index in [1.165, 1.54) is 0 Å². The molecule has 2 unspecified atom stereocenters. The summed E-state index contributed by atoms with van der Waals surface area (Å²) >= 11 is 0. The monoisotopic (exact) mass is 250 g/mol. The Kier molecular flexibility index (Phi) is 4.23. The maximum atomic E-state index is 14.0. The summed E-state index contributed by atoms with van der Waals surface area (Å²) < 4.78 is 14.0. The van der Waals surface area contributed by atoms with E-state index in [9.17, 15) is 4.39 Å². The molecule has 0 bridgehead atoms. The number of hydrogen-bond donors (Lipinski definition) is 1. The van der Waals surface area contributed by atoms with Gasteiger partial charge in [-0.15, -0.1) is 0 Å². The van der Waals surface area contributed by atoms with Crippen molar-refractivity contribution in [1.82, 2.24) is 5.32 Å². The van der Waals surface area contributed by atoms with Gasteiger partial charge in [-0.25, -0.2) is 4.39 Å². The summed E-state index contributed by atoms with van der Waals surface area (Å²) in [4.78, 5) is 2.22. The highest BCUT2D eigenvalue weighted by Gasteiger charge is 2.27. The van der Waals surface area contributed by atoms with Crippen LogP contribution >= 0.6 is 0 Å². The summed E-state index contributed by atoms with van der Waals surface area (Å²) in [6.07, 6.45) is 2.17. The summed E-state index contributed by atoms with van der Waals surface area (Å²) in [6.45, 7) is 8.26. The number of halogens is 1. The zero-order valence-electron chi connectivity index (χ0n) is 11.5. The molecule has 0 amide bonds. The SMILES string of the molecule is CCNC1CCN(c2c(C)cccc2F)C(C)C1. The topological polar surface area (TPSA) is 15.3 Å². The second-order valence-electron chi connectivity index (χ2n) is 5.23. The molecule has 1 aromatic rings. The van der Waals surface area contributed by atoms with Gasteiger partial charge in [-0.3, -0.25) is 0 Å². The maximum Gasteiger partial charge on any atom is 0.146 e. The van der Waals surface area contributed by atoms with E-state index in [4.69, 9.17) is 0 Å². The molecule has 1 saturated heterocycles. The molecule has 1 aliphatic rings. The quantitative estimate of drug-likeness (QED) is 0.886. The fourth-order valence-electron chi connectivity index (χ4n) is 2.97. The van der Waals surface area contributed by atoms with Gasteiger partial charge in [0.2, 0.25) is 0 Å². The van der Waals surface area contributed by atoms with Crippen LogP contribution in [-0.4, -0.2) is 25.2 Å². The second-order valence-corrected chi connectivity index (χ2v) is 5.23. The van der Waals surface area contributed by atoms with E-state index in [0.717, 1.165) is 37.2 Å². The van der Waals surface area contributed by atoms with Crippen molar-refractivity contribution in [3.63, 3.8) is 0 Å². The van der Waals surface area contributed by atoms with Crippen molar-refractivity contribution in [2.75, 3.05) is 18.0 Å². The van der Waals surface area contributed by atoms with E-state index < -0.39 is 0 Å². The Balaban J connectivity index is 2.15. The van der Waals surface area contributed by atoms with Crippen LogP contribution in [0.5, 0.6) is 0 Å². The number of benzene rings is 1. The number of para-hydroxylation sites is 1. The molecule has 1 fully saturated rings. The summed E-state index contributed by atoms with van der Waals surface area (Å²) in [6, 6.07) is 6.30. The highest BCUT2D eigenvalue weighted by molar-refractivity contribution is 5.55. The van der Waals surface area contributed by atoms with Gasteiger partial charge in [0.1, 0.15) is 5.82 Å². The van der Waals surface area contributed by atoms with Gasteiger partial charge in [-0.1, -0.05) is 19.1 Å². The molecule has 100 valence electrons. The number of rotatable bonds is 3. The van der Waals surface area contributed by atoms with Gasteiger partial charge >= 0.3 is 0 Å². The highest BCUT2D eigenvalue weighted by atomic mass is 19.1. The predicted molar refractivity (Wildman–Crippen MR) is 74.6 cm³/mol. The molecule has 0 aromatic heterocycles. The molecule has 0 saturated carbocycles. The lowest BCUT2D eigenvalue weighted by atomic mass is 9.96. The minimum Gasteiger partial charge on any atom is -0.366 e. The van der Waals surface area contributed by atoms with Crippen LogP contribution in [0.2, 0.25) is 0 Å². The van der Waals surface area contributed by atoms with Crippen LogP contribution < -0.4 is 10.2 Å². The molecule has 0 aliphatic carbocycles. The van der Waals surface area contributed by atoms with Crippen molar-refractivity contribution in [2.24, 2.45) is 0 Å².